The maximum Gasteiger partial charge on any atom is 0.338 e. The summed E-state index contributed by atoms with van der Waals surface area (Å²) >= 11 is 16.9. The third-order valence-electron chi connectivity index (χ3n) is 1.71. The zero-order valence-electron chi connectivity index (χ0n) is 8.41. The number of hydrogen-bond acceptors (Lipinski definition) is 2. The summed E-state index contributed by atoms with van der Waals surface area (Å²) in [5.41, 5.74) is 0.332. The lowest BCUT2D eigenvalue weighted by molar-refractivity contribution is -0.130. The summed E-state index contributed by atoms with van der Waals surface area (Å²) < 4.78 is 8.81. The summed E-state index contributed by atoms with van der Waals surface area (Å²) in [7, 11) is 0. The average molecular weight is 557 g/mol. The highest BCUT2D eigenvalue weighted by Crippen LogP contribution is 2.48. The molecule has 1 aromatic carbocycles. The lowest BCUT2D eigenvalue weighted by Gasteiger charge is -2.13. The number of benzene rings is 1. The predicted octanol–water partition coefficient (Wildman–Crippen LogP) is 5.98. The van der Waals surface area contributed by atoms with Gasteiger partial charge in [-0.25, -0.2) is 4.79 Å². The van der Waals surface area contributed by atoms with Crippen molar-refractivity contribution >= 4 is 85.6 Å². The van der Waals surface area contributed by atoms with Crippen LogP contribution in [0.3, 0.4) is 0 Å². The highest BCUT2D eigenvalue weighted by molar-refractivity contribution is 9.15. The second-order valence-corrected chi connectivity index (χ2v) is 7.03. The van der Waals surface area contributed by atoms with Crippen LogP contribution in [0.5, 0.6) is 5.75 Å². The minimum atomic E-state index is -0.479. The molecule has 0 heterocycles. The minimum absolute atomic E-state index is 0.332. The van der Waals surface area contributed by atoms with Gasteiger partial charge >= 0.3 is 5.97 Å². The lowest BCUT2D eigenvalue weighted by Crippen LogP contribution is -2.09. The molecule has 0 unspecified atom stereocenters. The largest absolute Gasteiger partial charge is 0.421 e. The van der Waals surface area contributed by atoms with Crippen LogP contribution in [-0.4, -0.2) is 5.97 Å². The molecule has 0 aliphatic rings. The SMILES string of the molecule is C=C(C)C(=O)Oc1c(Br)c(Br)c(Br)c(Br)c1Br. The van der Waals surface area contributed by atoms with Crippen LogP contribution in [0.1, 0.15) is 6.92 Å². The fourth-order valence-electron chi connectivity index (χ4n) is 0.854. The highest BCUT2D eigenvalue weighted by Gasteiger charge is 2.21. The van der Waals surface area contributed by atoms with E-state index in [1.54, 1.807) is 6.92 Å². The molecule has 0 N–H and O–H groups in total. The Morgan fingerprint density at radius 3 is 1.65 bits per heavy atom. The van der Waals surface area contributed by atoms with E-state index in [1.807, 2.05) is 0 Å². The fourth-order valence-corrected chi connectivity index (χ4v) is 4.03. The molecule has 0 spiro atoms. The van der Waals surface area contributed by atoms with Gasteiger partial charge < -0.3 is 4.74 Å². The van der Waals surface area contributed by atoms with E-state index >= 15 is 0 Å². The van der Waals surface area contributed by atoms with E-state index in [-0.39, 0.29) is 0 Å². The Morgan fingerprint density at radius 2 is 1.29 bits per heavy atom. The maximum absolute atomic E-state index is 11.5. The monoisotopic (exact) mass is 552 g/mol. The van der Waals surface area contributed by atoms with Crippen LogP contribution < -0.4 is 4.74 Å². The number of halogens is 5. The summed E-state index contributed by atoms with van der Waals surface area (Å²) in [6.45, 7) is 5.13. The van der Waals surface area contributed by atoms with Crippen LogP contribution in [0.15, 0.2) is 34.5 Å². The standard InChI is InChI=1S/C10H5Br5O2/c1-3(2)10(16)17-9-7(14)5(12)4(11)6(13)8(9)15/h1H2,2H3. The number of hydrogen-bond donors (Lipinski definition) is 0. The van der Waals surface area contributed by atoms with Crippen molar-refractivity contribution < 1.29 is 9.53 Å². The Morgan fingerprint density at radius 1 is 0.941 bits per heavy atom. The number of ether oxygens (including phenoxy) is 1. The normalized spacial score (nSPS) is 10.2. The van der Waals surface area contributed by atoms with E-state index in [4.69, 9.17) is 4.74 Å². The number of carbonyl (C=O) groups is 1. The Hall–Kier alpha value is 0.830. The lowest BCUT2D eigenvalue weighted by atomic mass is 10.3. The zero-order valence-corrected chi connectivity index (χ0v) is 16.3. The smallest absolute Gasteiger partial charge is 0.338 e. The second-order valence-electron chi connectivity index (χ2n) is 3.07. The van der Waals surface area contributed by atoms with Crippen LogP contribution in [0.4, 0.5) is 0 Å². The van der Waals surface area contributed by atoms with E-state index in [1.165, 1.54) is 0 Å². The maximum atomic E-state index is 11.5. The van der Waals surface area contributed by atoms with E-state index < -0.39 is 5.97 Å². The van der Waals surface area contributed by atoms with Gasteiger partial charge in [0.1, 0.15) is 0 Å². The van der Waals surface area contributed by atoms with Gasteiger partial charge in [0, 0.05) is 10.0 Å². The molecule has 0 amide bonds. The van der Waals surface area contributed by atoms with Gasteiger partial charge in [-0.15, -0.1) is 0 Å². The third kappa shape index (κ3) is 3.43. The average Bonchev–Trinajstić information content (AvgIpc) is 2.29. The van der Waals surface area contributed by atoms with Crippen LogP contribution in [0.25, 0.3) is 0 Å². The van der Waals surface area contributed by atoms with Gasteiger partial charge in [0.15, 0.2) is 5.75 Å². The first-order chi connectivity index (χ1) is 7.77. The molecule has 92 valence electrons. The van der Waals surface area contributed by atoms with E-state index in [2.05, 4.69) is 86.2 Å². The zero-order chi connectivity index (χ0) is 13.3. The van der Waals surface area contributed by atoms with E-state index in [0.29, 0.717) is 20.3 Å². The van der Waals surface area contributed by atoms with Crippen LogP contribution >= 0.6 is 79.6 Å². The predicted molar refractivity (Wildman–Crippen MR) is 85.4 cm³/mol. The van der Waals surface area contributed by atoms with Gasteiger partial charge in [0.2, 0.25) is 0 Å². The molecule has 0 saturated carbocycles. The van der Waals surface area contributed by atoms with Gasteiger partial charge in [-0.3, -0.25) is 0 Å². The summed E-state index contributed by atoms with van der Waals surface area (Å²) in [5, 5.41) is 0. The molecule has 0 atom stereocenters. The van der Waals surface area contributed by atoms with E-state index in [0.717, 1.165) is 13.4 Å². The molecular formula is C10H5Br5O2. The Labute approximate surface area is 141 Å². The van der Waals surface area contributed by atoms with Crippen molar-refractivity contribution in [1.82, 2.24) is 0 Å². The molecular weight excluding hydrogens is 552 g/mol. The van der Waals surface area contributed by atoms with Gasteiger partial charge in [0.05, 0.1) is 17.9 Å². The molecule has 7 heteroatoms. The first-order valence-electron chi connectivity index (χ1n) is 4.16. The number of esters is 1. The molecule has 17 heavy (non-hydrogen) atoms. The first kappa shape index (κ1) is 15.9. The first-order valence-corrected chi connectivity index (χ1v) is 8.13. The Balaban J connectivity index is 3.35. The Kier molecular flexibility index (Phi) is 5.91. The van der Waals surface area contributed by atoms with Gasteiger partial charge in [0.25, 0.3) is 0 Å². The molecule has 2 nitrogen and oxygen atoms in total. The number of carbonyl (C=O) groups excluding carboxylic acids is 1. The van der Waals surface area contributed by atoms with Crippen molar-refractivity contribution in [3.63, 3.8) is 0 Å². The highest BCUT2D eigenvalue weighted by atomic mass is 79.9. The molecule has 1 rings (SSSR count). The van der Waals surface area contributed by atoms with Crippen LogP contribution in [0, 0.1) is 0 Å². The molecule has 0 aromatic heterocycles. The van der Waals surface area contributed by atoms with Gasteiger partial charge in [-0.05, 0) is 86.6 Å². The quantitative estimate of drug-likeness (QED) is 0.147. The minimum Gasteiger partial charge on any atom is -0.421 e. The van der Waals surface area contributed by atoms with Crippen molar-refractivity contribution in [3.8, 4) is 5.75 Å². The second kappa shape index (κ2) is 6.32. The topological polar surface area (TPSA) is 26.3 Å². The van der Waals surface area contributed by atoms with Crippen molar-refractivity contribution in [2.75, 3.05) is 0 Å². The van der Waals surface area contributed by atoms with Crippen LogP contribution in [-0.2, 0) is 4.79 Å². The van der Waals surface area contributed by atoms with Crippen molar-refractivity contribution in [1.29, 1.82) is 0 Å². The molecule has 0 fully saturated rings. The molecule has 0 aliphatic heterocycles. The van der Waals surface area contributed by atoms with Gasteiger partial charge in [-0.1, -0.05) is 6.58 Å². The molecule has 0 bridgehead atoms. The van der Waals surface area contributed by atoms with Crippen LogP contribution in [0.2, 0.25) is 0 Å². The summed E-state index contributed by atoms with van der Waals surface area (Å²) in [6.07, 6.45) is 0. The van der Waals surface area contributed by atoms with Gasteiger partial charge in [-0.2, -0.15) is 0 Å². The Bertz CT molecular complexity index is 481. The van der Waals surface area contributed by atoms with Crippen molar-refractivity contribution in [2.24, 2.45) is 0 Å². The molecule has 0 aliphatic carbocycles. The van der Waals surface area contributed by atoms with Crippen molar-refractivity contribution in [3.05, 3.63) is 34.5 Å². The summed E-state index contributed by atoms with van der Waals surface area (Å²) in [5.74, 6) is -0.0903. The van der Waals surface area contributed by atoms with E-state index in [9.17, 15) is 4.79 Å². The summed E-state index contributed by atoms with van der Waals surface area (Å²) in [4.78, 5) is 11.5. The molecule has 1 aromatic rings. The summed E-state index contributed by atoms with van der Waals surface area (Å²) in [6, 6.07) is 0. The molecule has 0 radical (unpaired) electrons. The number of rotatable bonds is 2. The fraction of sp³-hybridized carbons (Fsp3) is 0.100. The third-order valence-corrected chi connectivity index (χ3v) is 7.73. The van der Waals surface area contributed by atoms with Crippen molar-refractivity contribution in [2.45, 2.75) is 6.92 Å². The molecule has 0 saturated heterocycles.